The molecule has 3 heterocycles. The highest BCUT2D eigenvalue weighted by atomic mass is 32.1. The number of fused-ring (bicyclic) bond motifs is 1. The second-order valence-electron chi connectivity index (χ2n) is 5.61. The van der Waals surface area contributed by atoms with Crippen LogP contribution in [0.25, 0.3) is 6.08 Å². The van der Waals surface area contributed by atoms with E-state index in [2.05, 4.69) is 4.98 Å². The van der Waals surface area contributed by atoms with Gasteiger partial charge >= 0.3 is 5.97 Å². The Morgan fingerprint density at radius 3 is 2.81 bits per heavy atom. The van der Waals surface area contributed by atoms with Crippen molar-refractivity contribution in [1.29, 1.82) is 0 Å². The molecule has 0 bridgehead atoms. The maximum absolute atomic E-state index is 12.4. The molecule has 0 saturated heterocycles. The van der Waals surface area contributed by atoms with Crippen molar-refractivity contribution in [3.63, 3.8) is 0 Å². The van der Waals surface area contributed by atoms with Crippen molar-refractivity contribution < 1.29 is 19.1 Å². The molecular weight excluding hydrogens is 350 g/mol. The van der Waals surface area contributed by atoms with Gasteiger partial charge in [-0.05, 0) is 47.4 Å². The van der Waals surface area contributed by atoms with Gasteiger partial charge in [0.15, 0.2) is 5.76 Å². The van der Waals surface area contributed by atoms with Gasteiger partial charge < -0.3 is 9.47 Å². The first-order valence-electron chi connectivity index (χ1n) is 7.90. The summed E-state index contributed by atoms with van der Waals surface area (Å²) in [5.74, 6) is 0.408. The lowest BCUT2D eigenvalue weighted by molar-refractivity contribution is -0.133. The van der Waals surface area contributed by atoms with Crippen LogP contribution in [0.3, 0.4) is 0 Å². The van der Waals surface area contributed by atoms with Crippen LogP contribution < -0.4 is 9.47 Å². The van der Waals surface area contributed by atoms with Crippen LogP contribution >= 0.6 is 11.3 Å². The predicted molar refractivity (Wildman–Crippen MR) is 97.3 cm³/mol. The van der Waals surface area contributed by atoms with Crippen LogP contribution in [0.15, 0.2) is 66.0 Å². The zero-order valence-corrected chi connectivity index (χ0v) is 14.4. The van der Waals surface area contributed by atoms with Crippen molar-refractivity contribution >= 4 is 29.2 Å². The maximum Gasteiger partial charge on any atom is 0.316 e. The topological polar surface area (TPSA) is 65.5 Å². The Hall–Kier alpha value is -3.25. The quantitative estimate of drug-likeness (QED) is 0.399. The van der Waals surface area contributed by atoms with E-state index in [4.69, 9.17) is 9.47 Å². The van der Waals surface area contributed by atoms with E-state index in [9.17, 15) is 9.59 Å². The van der Waals surface area contributed by atoms with Crippen LogP contribution in [0, 0.1) is 0 Å². The molecule has 2 aromatic heterocycles. The number of ketones is 1. The van der Waals surface area contributed by atoms with Gasteiger partial charge in [-0.15, -0.1) is 11.3 Å². The van der Waals surface area contributed by atoms with Gasteiger partial charge in [-0.2, -0.15) is 0 Å². The Bertz CT molecular complexity index is 994. The van der Waals surface area contributed by atoms with Crippen molar-refractivity contribution in [2.45, 2.75) is 6.42 Å². The summed E-state index contributed by atoms with van der Waals surface area (Å²) < 4.78 is 11.0. The number of nitrogens with zero attached hydrogens (tertiary/aromatic N) is 1. The monoisotopic (exact) mass is 363 g/mol. The third-order valence-corrected chi connectivity index (χ3v) is 4.65. The van der Waals surface area contributed by atoms with Crippen molar-refractivity contribution in [2.24, 2.45) is 0 Å². The number of pyridine rings is 1. The summed E-state index contributed by atoms with van der Waals surface area (Å²) in [5.41, 5.74) is 1.27. The smallest absolute Gasteiger partial charge is 0.316 e. The summed E-state index contributed by atoms with van der Waals surface area (Å²) in [6.45, 7) is 0. The lowest BCUT2D eigenvalue weighted by atomic mass is 10.1. The Kier molecular flexibility index (Phi) is 4.33. The first kappa shape index (κ1) is 16.2. The number of Topliss-reactive ketones (excluding diaryl/α,β-unsaturated/α-hetero) is 1. The van der Waals surface area contributed by atoms with Gasteiger partial charge in [0, 0.05) is 23.3 Å². The second kappa shape index (κ2) is 6.93. The standard InChI is InChI=1S/C20H13NO4S/c22-19(12-15-2-1-9-26-15)24-14-3-4-16-17(11-14)25-18(20(16)23)10-13-5-7-21-8-6-13/h1-11H,12H2/b18-10-. The highest BCUT2D eigenvalue weighted by molar-refractivity contribution is 7.10. The summed E-state index contributed by atoms with van der Waals surface area (Å²) in [6, 6.07) is 12.1. The minimum Gasteiger partial charge on any atom is -0.452 e. The van der Waals surface area contributed by atoms with Crippen molar-refractivity contribution in [3.8, 4) is 11.5 Å². The van der Waals surface area contributed by atoms with E-state index < -0.39 is 0 Å². The molecule has 5 nitrogen and oxygen atoms in total. The SMILES string of the molecule is O=C(Cc1cccs1)Oc1ccc2c(c1)O/C(=C\c1ccncc1)C2=O. The van der Waals surface area contributed by atoms with E-state index in [0.29, 0.717) is 17.1 Å². The van der Waals surface area contributed by atoms with Gasteiger partial charge in [-0.25, -0.2) is 0 Å². The lowest BCUT2D eigenvalue weighted by Gasteiger charge is -2.05. The van der Waals surface area contributed by atoms with Gasteiger partial charge in [0.05, 0.1) is 12.0 Å². The van der Waals surface area contributed by atoms with Gasteiger partial charge in [0.1, 0.15) is 11.5 Å². The van der Waals surface area contributed by atoms with Crippen LogP contribution in [-0.2, 0) is 11.2 Å². The fourth-order valence-electron chi connectivity index (χ4n) is 2.56. The Morgan fingerprint density at radius 1 is 1.19 bits per heavy atom. The largest absolute Gasteiger partial charge is 0.452 e. The Labute approximate surface area is 153 Å². The van der Waals surface area contributed by atoms with Crippen LogP contribution in [-0.4, -0.2) is 16.7 Å². The van der Waals surface area contributed by atoms with Crippen molar-refractivity contribution in [3.05, 3.63) is 82.0 Å². The Morgan fingerprint density at radius 2 is 2.04 bits per heavy atom. The molecule has 128 valence electrons. The number of allylic oxidation sites excluding steroid dienone is 1. The summed E-state index contributed by atoms with van der Waals surface area (Å²) in [7, 11) is 0. The number of ether oxygens (including phenoxy) is 2. The van der Waals surface area contributed by atoms with E-state index >= 15 is 0 Å². The summed E-state index contributed by atoms with van der Waals surface area (Å²) in [6.07, 6.45) is 5.16. The number of carbonyl (C=O) groups is 2. The summed E-state index contributed by atoms with van der Waals surface area (Å²) in [5, 5.41) is 1.91. The van der Waals surface area contributed by atoms with Crippen molar-refractivity contribution in [1.82, 2.24) is 4.98 Å². The molecule has 1 aromatic carbocycles. The Balaban J connectivity index is 1.50. The van der Waals surface area contributed by atoms with E-state index in [1.54, 1.807) is 48.8 Å². The second-order valence-corrected chi connectivity index (χ2v) is 6.64. The number of hydrogen-bond donors (Lipinski definition) is 0. The average Bonchev–Trinajstić information content (AvgIpc) is 3.24. The molecule has 6 heteroatoms. The fraction of sp³-hybridized carbons (Fsp3) is 0.0500. The molecule has 0 radical (unpaired) electrons. The molecule has 1 aliphatic heterocycles. The van der Waals surface area contributed by atoms with Gasteiger partial charge in [-0.3, -0.25) is 14.6 Å². The molecule has 0 unspecified atom stereocenters. The average molecular weight is 363 g/mol. The number of aromatic nitrogens is 1. The zero-order valence-electron chi connectivity index (χ0n) is 13.5. The molecule has 0 atom stereocenters. The summed E-state index contributed by atoms with van der Waals surface area (Å²) >= 11 is 1.50. The maximum atomic E-state index is 12.4. The number of esters is 1. The minimum absolute atomic E-state index is 0.201. The number of rotatable bonds is 4. The van der Waals surface area contributed by atoms with Gasteiger partial charge in [-0.1, -0.05) is 6.07 Å². The third kappa shape index (κ3) is 3.41. The first-order valence-corrected chi connectivity index (χ1v) is 8.78. The molecule has 0 fully saturated rings. The molecule has 0 saturated carbocycles. The highest BCUT2D eigenvalue weighted by Crippen LogP contribution is 2.35. The predicted octanol–water partition coefficient (Wildman–Crippen LogP) is 3.91. The number of benzene rings is 1. The van der Waals surface area contributed by atoms with Crippen LogP contribution in [0.1, 0.15) is 20.8 Å². The molecule has 0 amide bonds. The van der Waals surface area contributed by atoms with Crippen LogP contribution in [0.5, 0.6) is 11.5 Å². The van der Waals surface area contributed by atoms with E-state index in [1.165, 1.54) is 11.3 Å². The normalized spacial score (nSPS) is 14.2. The number of thiophene rings is 1. The van der Waals surface area contributed by atoms with E-state index in [-0.39, 0.29) is 23.9 Å². The molecule has 0 spiro atoms. The third-order valence-electron chi connectivity index (χ3n) is 3.78. The molecular formula is C20H13NO4S. The fourth-order valence-corrected chi connectivity index (χ4v) is 3.25. The van der Waals surface area contributed by atoms with E-state index in [0.717, 1.165) is 10.4 Å². The molecule has 3 aromatic rings. The molecule has 0 aliphatic carbocycles. The number of hydrogen-bond acceptors (Lipinski definition) is 6. The van der Waals surface area contributed by atoms with Crippen LogP contribution in [0.4, 0.5) is 0 Å². The van der Waals surface area contributed by atoms with Gasteiger partial charge in [0.2, 0.25) is 5.78 Å². The molecule has 26 heavy (non-hydrogen) atoms. The molecule has 0 N–H and O–H groups in total. The highest BCUT2D eigenvalue weighted by Gasteiger charge is 2.28. The minimum atomic E-state index is -0.357. The number of carbonyl (C=O) groups excluding carboxylic acids is 2. The van der Waals surface area contributed by atoms with E-state index in [1.807, 2.05) is 17.5 Å². The van der Waals surface area contributed by atoms with Crippen molar-refractivity contribution in [2.75, 3.05) is 0 Å². The lowest BCUT2D eigenvalue weighted by Crippen LogP contribution is -2.10. The van der Waals surface area contributed by atoms with Crippen LogP contribution in [0.2, 0.25) is 0 Å². The van der Waals surface area contributed by atoms with Gasteiger partial charge in [0.25, 0.3) is 0 Å². The molecule has 1 aliphatic rings. The molecule has 4 rings (SSSR count). The zero-order chi connectivity index (χ0) is 17.9. The first-order chi connectivity index (χ1) is 12.7. The summed E-state index contributed by atoms with van der Waals surface area (Å²) in [4.78, 5) is 29.3.